The van der Waals surface area contributed by atoms with Crippen LogP contribution in [0, 0.1) is 0 Å². The van der Waals surface area contributed by atoms with Gasteiger partial charge in [0.1, 0.15) is 10.5 Å². The van der Waals surface area contributed by atoms with Crippen LogP contribution in [0.5, 0.6) is 0 Å². The Hall–Kier alpha value is -0.460. The summed E-state index contributed by atoms with van der Waals surface area (Å²) in [5.41, 5.74) is 2.13. The third kappa shape index (κ3) is 1.74. The summed E-state index contributed by atoms with van der Waals surface area (Å²) in [6.45, 7) is 1.65. The van der Waals surface area contributed by atoms with Crippen LogP contribution >= 0.6 is 27.3 Å². The lowest BCUT2D eigenvalue weighted by Gasteiger charge is -2.11. The van der Waals surface area contributed by atoms with Gasteiger partial charge in [0, 0.05) is 6.54 Å². The number of rotatable bonds is 1. The van der Waals surface area contributed by atoms with E-state index in [1.165, 1.54) is 11.3 Å². The fourth-order valence-corrected chi connectivity index (χ4v) is 2.12. The van der Waals surface area contributed by atoms with E-state index < -0.39 is 0 Å². The standard InChI is InChI=1S/C7H7BrN2O2S/c8-6-5(9-3-13-6)7(11)10-1-2-12-4-10/h3H,1-2,4H2. The number of amides is 1. The Morgan fingerprint density at radius 3 is 3.15 bits per heavy atom. The van der Waals surface area contributed by atoms with Gasteiger partial charge in [-0.1, -0.05) is 0 Å². The van der Waals surface area contributed by atoms with E-state index in [2.05, 4.69) is 20.9 Å². The van der Waals surface area contributed by atoms with Crippen LogP contribution in [0.15, 0.2) is 9.30 Å². The van der Waals surface area contributed by atoms with Crippen molar-refractivity contribution in [1.29, 1.82) is 0 Å². The first-order valence-corrected chi connectivity index (χ1v) is 5.42. The predicted octanol–water partition coefficient (Wildman–Crippen LogP) is 1.34. The second-order valence-electron chi connectivity index (χ2n) is 2.58. The lowest BCUT2D eigenvalue weighted by molar-refractivity contribution is 0.0689. The average Bonchev–Trinajstić information content (AvgIpc) is 2.72. The summed E-state index contributed by atoms with van der Waals surface area (Å²) < 4.78 is 5.86. The summed E-state index contributed by atoms with van der Waals surface area (Å²) in [5, 5.41) is 0. The number of thiazole rings is 1. The van der Waals surface area contributed by atoms with E-state index in [-0.39, 0.29) is 5.91 Å². The summed E-state index contributed by atoms with van der Waals surface area (Å²) in [7, 11) is 0. The van der Waals surface area contributed by atoms with Crippen molar-refractivity contribution in [3.63, 3.8) is 0 Å². The molecule has 0 radical (unpaired) electrons. The van der Waals surface area contributed by atoms with Gasteiger partial charge < -0.3 is 9.64 Å². The second kappa shape index (κ2) is 3.73. The van der Waals surface area contributed by atoms with Gasteiger partial charge in [0.15, 0.2) is 5.69 Å². The van der Waals surface area contributed by atoms with Crippen LogP contribution in [0.3, 0.4) is 0 Å². The van der Waals surface area contributed by atoms with Crippen LogP contribution in [0.2, 0.25) is 0 Å². The molecule has 1 amide bonds. The maximum absolute atomic E-state index is 11.7. The number of hydrogen-bond donors (Lipinski definition) is 0. The zero-order chi connectivity index (χ0) is 9.26. The maximum atomic E-state index is 11.7. The summed E-state index contributed by atoms with van der Waals surface area (Å²) >= 11 is 4.69. The van der Waals surface area contributed by atoms with E-state index in [1.807, 2.05) is 0 Å². The van der Waals surface area contributed by atoms with E-state index in [0.717, 1.165) is 3.79 Å². The van der Waals surface area contributed by atoms with Gasteiger partial charge in [-0.3, -0.25) is 4.79 Å². The van der Waals surface area contributed by atoms with Crippen molar-refractivity contribution in [2.24, 2.45) is 0 Å². The Labute approximate surface area is 87.6 Å². The molecule has 0 aromatic carbocycles. The minimum atomic E-state index is -0.0642. The lowest BCUT2D eigenvalue weighted by Crippen LogP contribution is -2.28. The molecule has 0 bridgehead atoms. The molecule has 0 atom stereocenters. The molecule has 1 aromatic rings. The molecule has 6 heteroatoms. The summed E-state index contributed by atoms with van der Waals surface area (Å²) in [6.07, 6.45) is 0. The minimum Gasteiger partial charge on any atom is -0.359 e. The highest BCUT2D eigenvalue weighted by molar-refractivity contribution is 9.11. The number of halogens is 1. The van der Waals surface area contributed by atoms with Crippen LogP contribution in [0.1, 0.15) is 10.5 Å². The van der Waals surface area contributed by atoms with Crippen molar-refractivity contribution >= 4 is 33.2 Å². The first kappa shape index (κ1) is 9.11. The highest BCUT2D eigenvalue weighted by Crippen LogP contribution is 2.22. The predicted molar refractivity (Wildman–Crippen MR) is 51.7 cm³/mol. The molecule has 1 aliphatic heterocycles. The van der Waals surface area contributed by atoms with Crippen molar-refractivity contribution in [1.82, 2.24) is 9.88 Å². The Bertz CT molecular complexity index is 322. The average molecular weight is 263 g/mol. The van der Waals surface area contributed by atoms with Gasteiger partial charge in [0.05, 0.1) is 12.1 Å². The Morgan fingerprint density at radius 2 is 2.62 bits per heavy atom. The van der Waals surface area contributed by atoms with E-state index in [9.17, 15) is 4.79 Å². The quantitative estimate of drug-likeness (QED) is 0.767. The molecule has 13 heavy (non-hydrogen) atoms. The largest absolute Gasteiger partial charge is 0.359 e. The number of nitrogens with zero attached hydrogens (tertiary/aromatic N) is 2. The van der Waals surface area contributed by atoms with Crippen molar-refractivity contribution in [2.45, 2.75) is 0 Å². The number of carbonyl (C=O) groups excluding carboxylic acids is 1. The highest BCUT2D eigenvalue weighted by atomic mass is 79.9. The molecule has 1 aliphatic rings. The van der Waals surface area contributed by atoms with E-state index >= 15 is 0 Å². The van der Waals surface area contributed by atoms with Gasteiger partial charge >= 0.3 is 0 Å². The van der Waals surface area contributed by atoms with Crippen LogP contribution in [0.25, 0.3) is 0 Å². The van der Waals surface area contributed by atoms with Gasteiger partial charge in [0.25, 0.3) is 5.91 Å². The molecule has 0 spiro atoms. The molecule has 70 valence electrons. The van der Waals surface area contributed by atoms with Crippen LogP contribution in [-0.2, 0) is 4.74 Å². The first-order valence-electron chi connectivity index (χ1n) is 3.75. The SMILES string of the molecule is O=C(c1ncsc1Br)N1CCOC1. The smallest absolute Gasteiger partial charge is 0.276 e. The zero-order valence-electron chi connectivity index (χ0n) is 6.70. The monoisotopic (exact) mass is 262 g/mol. The van der Waals surface area contributed by atoms with Gasteiger partial charge in [-0.2, -0.15) is 0 Å². The molecule has 2 heterocycles. The Kier molecular flexibility index (Phi) is 2.61. The van der Waals surface area contributed by atoms with E-state index in [4.69, 9.17) is 4.74 Å². The van der Waals surface area contributed by atoms with Crippen LogP contribution in [0.4, 0.5) is 0 Å². The third-order valence-electron chi connectivity index (χ3n) is 1.77. The van der Waals surface area contributed by atoms with Gasteiger partial charge in [-0.05, 0) is 15.9 Å². The maximum Gasteiger partial charge on any atom is 0.276 e. The van der Waals surface area contributed by atoms with Crippen LogP contribution in [-0.4, -0.2) is 35.7 Å². The molecule has 1 aromatic heterocycles. The van der Waals surface area contributed by atoms with Crippen molar-refractivity contribution in [3.8, 4) is 0 Å². The molecular weight excluding hydrogens is 256 g/mol. The highest BCUT2D eigenvalue weighted by Gasteiger charge is 2.23. The Balaban J connectivity index is 2.17. The first-order chi connectivity index (χ1) is 6.29. The molecule has 1 fully saturated rings. The van der Waals surface area contributed by atoms with Gasteiger partial charge in [0.2, 0.25) is 0 Å². The fraction of sp³-hybridized carbons (Fsp3) is 0.429. The van der Waals surface area contributed by atoms with Gasteiger partial charge in [-0.15, -0.1) is 11.3 Å². The number of carbonyl (C=O) groups is 1. The summed E-state index contributed by atoms with van der Waals surface area (Å²) in [5.74, 6) is -0.0642. The summed E-state index contributed by atoms with van der Waals surface area (Å²) in [6, 6.07) is 0. The minimum absolute atomic E-state index is 0.0642. The molecule has 0 N–H and O–H groups in total. The molecule has 4 nitrogen and oxygen atoms in total. The van der Waals surface area contributed by atoms with E-state index in [1.54, 1.807) is 10.4 Å². The van der Waals surface area contributed by atoms with Crippen molar-refractivity contribution < 1.29 is 9.53 Å². The number of hydrogen-bond acceptors (Lipinski definition) is 4. The molecule has 0 unspecified atom stereocenters. The zero-order valence-corrected chi connectivity index (χ0v) is 9.10. The second-order valence-corrected chi connectivity index (χ2v) is 4.75. The summed E-state index contributed by atoms with van der Waals surface area (Å²) in [4.78, 5) is 17.3. The van der Waals surface area contributed by atoms with Crippen LogP contribution < -0.4 is 0 Å². The van der Waals surface area contributed by atoms with Gasteiger partial charge in [-0.25, -0.2) is 4.98 Å². The number of aromatic nitrogens is 1. The topological polar surface area (TPSA) is 42.4 Å². The third-order valence-corrected chi connectivity index (χ3v) is 3.31. The molecule has 0 aliphatic carbocycles. The normalized spacial score (nSPS) is 16.5. The number of ether oxygens (including phenoxy) is 1. The molecule has 1 saturated heterocycles. The lowest BCUT2D eigenvalue weighted by atomic mass is 10.4. The van der Waals surface area contributed by atoms with Crippen molar-refractivity contribution in [2.75, 3.05) is 19.9 Å². The molecular formula is C7H7BrN2O2S. The van der Waals surface area contributed by atoms with E-state index in [0.29, 0.717) is 25.6 Å². The Morgan fingerprint density at radius 1 is 1.77 bits per heavy atom. The fourth-order valence-electron chi connectivity index (χ4n) is 1.10. The molecule has 0 saturated carbocycles. The molecule has 2 rings (SSSR count). The van der Waals surface area contributed by atoms with Crippen molar-refractivity contribution in [3.05, 3.63) is 15.0 Å².